The number of aromatic nitrogens is 2. The number of nitrogens with one attached hydrogen (secondary N) is 1. The van der Waals surface area contributed by atoms with Gasteiger partial charge in [-0.2, -0.15) is 0 Å². The maximum absolute atomic E-state index is 5.76. The predicted octanol–water partition coefficient (Wildman–Crippen LogP) is 5.49. The summed E-state index contributed by atoms with van der Waals surface area (Å²) in [5.74, 6) is 0. The molecule has 0 aliphatic carbocycles. The Hall–Kier alpha value is -2.66. The zero-order valence-electron chi connectivity index (χ0n) is 18.4. The van der Waals surface area contributed by atoms with E-state index in [0.29, 0.717) is 0 Å². The molecule has 5 heteroatoms. The fourth-order valence-corrected chi connectivity index (χ4v) is 5.15. The van der Waals surface area contributed by atoms with Crippen LogP contribution in [-0.4, -0.2) is 26.1 Å². The lowest BCUT2D eigenvalue weighted by Crippen LogP contribution is -2.30. The quantitative estimate of drug-likeness (QED) is 0.556. The van der Waals surface area contributed by atoms with Crippen LogP contribution in [-0.2, 0) is 0 Å². The van der Waals surface area contributed by atoms with Crippen LogP contribution in [0.2, 0.25) is 0 Å². The van der Waals surface area contributed by atoms with E-state index in [9.17, 15) is 0 Å². The number of thiocarbonyl (C=S) groups is 1. The molecule has 156 valence electrons. The Labute approximate surface area is 184 Å². The second kappa shape index (κ2) is 8.23. The Morgan fingerprint density at radius 3 is 2.40 bits per heavy atom. The highest BCUT2D eigenvalue weighted by molar-refractivity contribution is 7.80. The Morgan fingerprint density at radius 1 is 1.03 bits per heavy atom. The van der Waals surface area contributed by atoms with Gasteiger partial charge in [-0.05, 0) is 81.2 Å². The fourth-order valence-electron chi connectivity index (χ4n) is 4.82. The van der Waals surface area contributed by atoms with Crippen molar-refractivity contribution in [3.63, 3.8) is 0 Å². The van der Waals surface area contributed by atoms with Crippen LogP contribution in [0.25, 0.3) is 5.69 Å². The van der Waals surface area contributed by atoms with Crippen molar-refractivity contribution in [3.05, 3.63) is 82.4 Å². The van der Waals surface area contributed by atoms with Crippen LogP contribution in [0, 0.1) is 27.7 Å². The van der Waals surface area contributed by atoms with Gasteiger partial charge < -0.3 is 14.8 Å². The molecule has 0 saturated carbocycles. The molecule has 1 N–H and O–H groups in total. The van der Waals surface area contributed by atoms with Crippen LogP contribution in [0.5, 0.6) is 0 Å². The van der Waals surface area contributed by atoms with Gasteiger partial charge in [-0.1, -0.05) is 31.2 Å². The van der Waals surface area contributed by atoms with Crippen LogP contribution in [0.4, 0.5) is 0 Å². The van der Waals surface area contributed by atoms with Crippen molar-refractivity contribution in [3.8, 4) is 5.69 Å². The normalized spacial score (nSPS) is 18.7. The highest BCUT2D eigenvalue weighted by atomic mass is 32.1. The monoisotopic (exact) mass is 418 g/mol. The third-order valence-electron chi connectivity index (χ3n) is 6.11. The number of rotatable bonds is 5. The Kier molecular flexibility index (Phi) is 5.65. The number of pyridine rings is 1. The average Bonchev–Trinajstić information content (AvgIpc) is 3.20. The van der Waals surface area contributed by atoms with Gasteiger partial charge in [0, 0.05) is 24.1 Å². The summed E-state index contributed by atoms with van der Waals surface area (Å²) in [4.78, 5) is 6.99. The van der Waals surface area contributed by atoms with E-state index in [1.165, 1.54) is 33.8 Å². The number of benzene rings is 1. The SMILES string of the molecule is CCCN1C(=S)N[C@H](c2ccccn2)[C@H]1c1cc(C)n(-c2c(C)cccc2C)c1C. The highest BCUT2D eigenvalue weighted by Crippen LogP contribution is 2.41. The van der Waals surface area contributed by atoms with Crippen molar-refractivity contribution in [1.29, 1.82) is 0 Å². The van der Waals surface area contributed by atoms with E-state index >= 15 is 0 Å². The molecule has 0 radical (unpaired) electrons. The number of nitrogens with zero attached hydrogens (tertiary/aromatic N) is 3. The van der Waals surface area contributed by atoms with E-state index in [1.54, 1.807) is 0 Å². The summed E-state index contributed by atoms with van der Waals surface area (Å²) >= 11 is 5.76. The van der Waals surface area contributed by atoms with E-state index in [4.69, 9.17) is 12.2 Å². The third-order valence-corrected chi connectivity index (χ3v) is 6.47. The minimum absolute atomic E-state index is 0.0390. The molecule has 0 unspecified atom stereocenters. The van der Waals surface area contributed by atoms with Gasteiger partial charge >= 0.3 is 0 Å². The highest BCUT2D eigenvalue weighted by Gasteiger charge is 2.41. The zero-order chi connectivity index (χ0) is 21.4. The van der Waals surface area contributed by atoms with Gasteiger partial charge in [-0.15, -0.1) is 0 Å². The predicted molar refractivity (Wildman–Crippen MR) is 127 cm³/mol. The third kappa shape index (κ3) is 3.41. The van der Waals surface area contributed by atoms with Crippen LogP contribution < -0.4 is 5.32 Å². The topological polar surface area (TPSA) is 33.1 Å². The molecule has 3 aromatic rings. The molecule has 1 aliphatic heterocycles. The lowest BCUT2D eigenvalue weighted by atomic mass is 9.96. The molecule has 2 aromatic heterocycles. The van der Waals surface area contributed by atoms with Crippen molar-refractivity contribution >= 4 is 17.3 Å². The summed E-state index contributed by atoms with van der Waals surface area (Å²) in [6.45, 7) is 11.9. The number of hydrogen-bond donors (Lipinski definition) is 1. The summed E-state index contributed by atoms with van der Waals surface area (Å²) in [5.41, 5.74) is 8.71. The molecule has 0 spiro atoms. The van der Waals surface area contributed by atoms with E-state index in [0.717, 1.165) is 23.8 Å². The second-order valence-electron chi connectivity index (χ2n) is 8.22. The summed E-state index contributed by atoms with van der Waals surface area (Å²) in [7, 11) is 0. The largest absolute Gasteiger partial charge is 0.352 e. The first kappa shape index (κ1) is 20.6. The van der Waals surface area contributed by atoms with Crippen molar-refractivity contribution in [2.75, 3.05) is 6.54 Å². The van der Waals surface area contributed by atoms with Crippen molar-refractivity contribution in [1.82, 2.24) is 19.8 Å². The minimum atomic E-state index is 0.0390. The Balaban J connectivity index is 1.87. The number of hydrogen-bond acceptors (Lipinski definition) is 2. The van der Waals surface area contributed by atoms with Crippen molar-refractivity contribution < 1.29 is 0 Å². The molecule has 0 bridgehead atoms. The first-order chi connectivity index (χ1) is 14.4. The van der Waals surface area contributed by atoms with E-state index < -0.39 is 0 Å². The van der Waals surface area contributed by atoms with Crippen LogP contribution in [0.15, 0.2) is 48.7 Å². The molecule has 1 aliphatic rings. The summed E-state index contributed by atoms with van der Waals surface area (Å²) in [5, 5.41) is 4.37. The minimum Gasteiger partial charge on any atom is -0.352 e. The van der Waals surface area contributed by atoms with Gasteiger partial charge in [0.2, 0.25) is 0 Å². The van der Waals surface area contributed by atoms with Gasteiger partial charge in [-0.3, -0.25) is 4.98 Å². The molecule has 4 rings (SSSR count). The first-order valence-corrected chi connectivity index (χ1v) is 11.1. The lowest BCUT2D eigenvalue weighted by Gasteiger charge is -2.28. The van der Waals surface area contributed by atoms with E-state index in [1.807, 2.05) is 18.3 Å². The zero-order valence-corrected chi connectivity index (χ0v) is 19.3. The molecule has 30 heavy (non-hydrogen) atoms. The molecule has 4 nitrogen and oxygen atoms in total. The maximum Gasteiger partial charge on any atom is 0.170 e. The molecule has 1 fully saturated rings. The van der Waals surface area contributed by atoms with Crippen LogP contribution in [0.1, 0.15) is 59.2 Å². The summed E-state index contributed by atoms with van der Waals surface area (Å²) in [6.07, 6.45) is 2.91. The van der Waals surface area contributed by atoms with E-state index in [2.05, 4.69) is 84.7 Å². The lowest BCUT2D eigenvalue weighted by molar-refractivity contribution is 0.316. The Bertz CT molecular complexity index is 1050. The van der Waals surface area contributed by atoms with Gasteiger partial charge in [0.05, 0.1) is 23.5 Å². The molecular weight excluding hydrogens is 388 g/mol. The van der Waals surface area contributed by atoms with Crippen LogP contribution >= 0.6 is 12.2 Å². The second-order valence-corrected chi connectivity index (χ2v) is 8.61. The molecule has 2 atom stereocenters. The average molecular weight is 419 g/mol. The van der Waals surface area contributed by atoms with E-state index in [-0.39, 0.29) is 12.1 Å². The van der Waals surface area contributed by atoms with Crippen molar-refractivity contribution in [2.24, 2.45) is 0 Å². The summed E-state index contributed by atoms with van der Waals surface area (Å²) < 4.78 is 2.40. The standard InChI is InChI=1S/C25H30N4S/c1-6-14-28-24(22(27-25(28)30)21-12-7-8-13-26-21)20-15-18(4)29(19(20)5)23-16(2)10-9-11-17(23)3/h7-13,15,22,24H,6,14H2,1-5H3,(H,27,30)/t22-,24-/m1/s1. The summed E-state index contributed by atoms with van der Waals surface area (Å²) in [6, 6.07) is 15.1. The first-order valence-electron chi connectivity index (χ1n) is 10.7. The molecule has 1 saturated heterocycles. The van der Waals surface area contributed by atoms with Gasteiger partial charge in [0.25, 0.3) is 0 Å². The van der Waals surface area contributed by atoms with Gasteiger partial charge in [-0.25, -0.2) is 0 Å². The molecule has 3 heterocycles. The number of aryl methyl sites for hydroxylation is 3. The van der Waals surface area contributed by atoms with Crippen LogP contribution in [0.3, 0.4) is 0 Å². The molecular formula is C25H30N4S. The van der Waals surface area contributed by atoms with Gasteiger partial charge in [0.15, 0.2) is 5.11 Å². The fraction of sp³-hybridized carbons (Fsp3) is 0.360. The Morgan fingerprint density at radius 2 is 1.77 bits per heavy atom. The number of para-hydroxylation sites is 1. The smallest absolute Gasteiger partial charge is 0.170 e. The van der Waals surface area contributed by atoms with Gasteiger partial charge in [0.1, 0.15) is 0 Å². The maximum atomic E-state index is 5.76. The molecule has 1 aromatic carbocycles. The molecule has 0 amide bonds. The van der Waals surface area contributed by atoms with Crippen molar-refractivity contribution in [2.45, 2.75) is 53.1 Å².